The zero-order valence-corrected chi connectivity index (χ0v) is 15.7. The first-order chi connectivity index (χ1) is 12.1. The van der Waals surface area contributed by atoms with Gasteiger partial charge in [0.25, 0.3) is 0 Å². The summed E-state index contributed by atoms with van der Waals surface area (Å²) < 4.78 is 43.5. The van der Waals surface area contributed by atoms with Crippen LogP contribution in [0.1, 0.15) is 18.9 Å². The quantitative estimate of drug-likeness (QED) is 0.720. The van der Waals surface area contributed by atoms with Crippen LogP contribution >= 0.6 is 12.4 Å². The molecular formula is C17H25ClF2N2O4. The lowest BCUT2D eigenvalue weighted by molar-refractivity contribution is 0.0696. The van der Waals surface area contributed by atoms with E-state index in [1.165, 1.54) is 13.2 Å². The Hall–Kier alpha value is -1.64. The van der Waals surface area contributed by atoms with E-state index in [1.807, 2.05) is 6.92 Å². The van der Waals surface area contributed by atoms with Crippen LogP contribution in [0.25, 0.3) is 0 Å². The smallest absolute Gasteiger partial charge is 0.410 e. The Balaban J connectivity index is 0.00000338. The molecule has 0 bridgehead atoms. The number of nitrogens with zero attached hydrogens (tertiary/aromatic N) is 1. The third kappa shape index (κ3) is 5.69. The molecule has 9 heteroatoms. The van der Waals surface area contributed by atoms with Gasteiger partial charge in [-0.2, -0.15) is 0 Å². The van der Waals surface area contributed by atoms with Crippen LogP contribution < -0.4 is 10.1 Å². The van der Waals surface area contributed by atoms with Crippen LogP contribution in [0.2, 0.25) is 0 Å². The van der Waals surface area contributed by atoms with Crippen LogP contribution in [0.3, 0.4) is 0 Å². The highest BCUT2D eigenvalue weighted by Crippen LogP contribution is 2.24. The maximum absolute atomic E-state index is 14.4. The molecule has 1 amide bonds. The zero-order chi connectivity index (χ0) is 18.2. The summed E-state index contributed by atoms with van der Waals surface area (Å²) in [5.74, 6) is -1.74. The van der Waals surface area contributed by atoms with E-state index in [1.54, 1.807) is 4.90 Å². The number of hydrogen-bond donors (Lipinski definition) is 1. The Morgan fingerprint density at radius 2 is 2.12 bits per heavy atom. The first-order valence-electron chi connectivity index (χ1n) is 8.31. The van der Waals surface area contributed by atoms with Crippen molar-refractivity contribution in [2.24, 2.45) is 0 Å². The molecule has 2 rings (SSSR count). The lowest BCUT2D eigenvalue weighted by atomic mass is 10.1. The summed E-state index contributed by atoms with van der Waals surface area (Å²) in [6.07, 6.45) is 0.200. The van der Waals surface area contributed by atoms with Crippen molar-refractivity contribution in [3.05, 3.63) is 29.3 Å². The summed E-state index contributed by atoms with van der Waals surface area (Å²) in [5, 5.41) is 3.20. The molecule has 1 aliphatic rings. The number of rotatable bonds is 7. The van der Waals surface area contributed by atoms with Gasteiger partial charge in [0.05, 0.1) is 12.2 Å². The minimum atomic E-state index is -0.865. The fraction of sp³-hybridized carbons (Fsp3) is 0.588. The Morgan fingerprint density at radius 1 is 1.35 bits per heavy atom. The molecule has 1 atom stereocenters. The van der Waals surface area contributed by atoms with Crippen LogP contribution in [0.4, 0.5) is 13.6 Å². The van der Waals surface area contributed by atoms with Crippen molar-refractivity contribution in [3.8, 4) is 5.75 Å². The molecule has 0 spiro atoms. The molecule has 1 fully saturated rings. The van der Waals surface area contributed by atoms with Crippen LogP contribution in [0.5, 0.6) is 5.75 Å². The standard InChI is InChI=1S/C17H24F2N2O4.ClH/c1-3-12-10-20-6-7-21(12)17(22)25-11-13-14(18)4-5-15(16(13)19)24-9-8-23-2;/h4-5,12,20H,3,6-11H2,1-2H3;1H. The van der Waals surface area contributed by atoms with E-state index in [9.17, 15) is 13.6 Å². The Labute approximate surface area is 158 Å². The van der Waals surface area contributed by atoms with Gasteiger partial charge >= 0.3 is 6.09 Å². The van der Waals surface area contributed by atoms with Gasteiger partial charge < -0.3 is 24.4 Å². The molecule has 1 heterocycles. The molecule has 1 unspecified atom stereocenters. The number of carbonyl (C=O) groups is 1. The summed E-state index contributed by atoms with van der Waals surface area (Å²) in [6.45, 7) is 3.74. The van der Waals surface area contributed by atoms with Gasteiger partial charge in [-0.1, -0.05) is 6.92 Å². The maximum Gasteiger partial charge on any atom is 0.410 e. The average Bonchev–Trinajstić information content (AvgIpc) is 2.63. The predicted octanol–water partition coefficient (Wildman–Crippen LogP) is 2.73. The second kappa shape index (κ2) is 11.2. The zero-order valence-electron chi connectivity index (χ0n) is 14.9. The van der Waals surface area contributed by atoms with E-state index >= 15 is 0 Å². The molecule has 1 N–H and O–H groups in total. The molecule has 0 aromatic heterocycles. The molecule has 1 aromatic rings. The molecule has 148 valence electrons. The van der Waals surface area contributed by atoms with Crippen molar-refractivity contribution in [2.75, 3.05) is 40.0 Å². The molecule has 0 aliphatic carbocycles. The van der Waals surface area contributed by atoms with Crippen molar-refractivity contribution >= 4 is 18.5 Å². The number of benzene rings is 1. The second-order valence-electron chi connectivity index (χ2n) is 5.69. The highest BCUT2D eigenvalue weighted by Gasteiger charge is 2.27. The summed E-state index contributed by atoms with van der Waals surface area (Å²) in [5.41, 5.74) is -0.327. The maximum atomic E-state index is 14.4. The third-order valence-corrected chi connectivity index (χ3v) is 4.09. The van der Waals surface area contributed by atoms with E-state index in [-0.39, 0.29) is 43.0 Å². The van der Waals surface area contributed by atoms with Crippen LogP contribution in [-0.2, 0) is 16.1 Å². The number of methoxy groups -OCH3 is 1. The molecule has 1 aliphatic heterocycles. The van der Waals surface area contributed by atoms with E-state index in [0.717, 1.165) is 12.5 Å². The van der Waals surface area contributed by atoms with Gasteiger partial charge in [0.1, 0.15) is 19.0 Å². The normalized spacial score (nSPS) is 16.8. The first kappa shape index (κ1) is 22.4. The Morgan fingerprint density at radius 3 is 2.81 bits per heavy atom. The molecule has 26 heavy (non-hydrogen) atoms. The molecule has 1 aromatic carbocycles. The van der Waals surface area contributed by atoms with E-state index in [2.05, 4.69) is 5.32 Å². The SMILES string of the molecule is CCC1CNCCN1C(=O)OCc1c(F)ccc(OCCOC)c1F.Cl. The minimum absolute atomic E-state index is 0. The molecule has 1 saturated heterocycles. The molecule has 0 radical (unpaired) electrons. The average molecular weight is 395 g/mol. The number of piperazine rings is 1. The number of amides is 1. The Kier molecular flexibility index (Phi) is 9.61. The van der Waals surface area contributed by atoms with Crippen LogP contribution in [0.15, 0.2) is 12.1 Å². The van der Waals surface area contributed by atoms with Crippen molar-refractivity contribution in [1.29, 1.82) is 0 Å². The van der Waals surface area contributed by atoms with Crippen LogP contribution in [0, 0.1) is 11.6 Å². The van der Waals surface area contributed by atoms with Crippen molar-refractivity contribution in [2.45, 2.75) is 26.0 Å². The van der Waals surface area contributed by atoms with Gasteiger partial charge in [-0.05, 0) is 18.6 Å². The summed E-state index contributed by atoms with van der Waals surface area (Å²) in [7, 11) is 1.49. The van der Waals surface area contributed by atoms with Gasteiger partial charge in [0.2, 0.25) is 0 Å². The Bertz CT molecular complexity index is 592. The summed E-state index contributed by atoms with van der Waals surface area (Å²) >= 11 is 0. The fourth-order valence-electron chi connectivity index (χ4n) is 2.64. The van der Waals surface area contributed by atoms with E-state index in [0.29, 0.717) is 19.6 Å². The predicted molar refractivity (Wildman–Crippen MR) is 94.8 cm³/mol. The molecule has 6 nitrogen and oxygen atoms in total. The molecular weight excluding hydrogens is 370 g/mol. The lowest BCUT2D eigenvalue weighted by Crippen LogP contribution is -2.53. The largest absolute Gasteiger partial charge is 0.488 e. The third-order valence-electron chi connectivity index (χ3n) is 4.09. The van der Waals surface area contributed by atoms with Gasteiger partial charge in [0, 0.05) is 32.8 Å². The minimum Gasteiger partial charge on any atom is -0.488 e. The highest BCUT2D eigenvalue weighted by molar-refractivity contribution is 5.85. The second-order valence-corrected chi connectivity index (χ2v) is 5.69. The molecule has 0 saturated carbocycles. The van der Waals surface area contributed by atoms with E-state index in [4.69, 9.17) is 14.2 Å². The van der Waals surface area contributed by atoms with E-state index < -0.39 is 24.3 Å². The number of nitrogens with one attached hydrogen (secondary N) is 1. The number of halogens is 3. The lowest BCUT2D eigenvalue weighted by Gasteiger charge is -2.34. The van der Waals surface area contributed by atoms with Gasteiger partial charge in [-0.25, -0.2) is 13.6 Å². The number of carbonyl (C=O) groups excluding carboxylic acids is 1. The number of hydrogen-bond acceptors (Lipinski definition) is 5. The topological polar surface area (TPSA) is 60.0 Å². The fourth-order valence-corrected chi connectivity index (χ4v) is 2.64. The van der Waals surface area contributed by atoms with Gasteiger partial charge in [-0.15, -0.1) is 12.4 Å². The monoisotopic (exact) mass is 394 g/mol. The summed E-state index contributed by atoms with van der Waals surface area (Å²) in [4.78, 5) is 13.8. The van der Waals surface area contributed by atoms with Gasteiger partial charge in [-0.3, -0.25) is 0 Å². The highest BCUT2D eigenvalue weighted by atomic mass is 35.5. The summed E-state index contributed by atoms with van der Waals surface area (Å²) in [6, 6.07) is 2.31. The van der Waals surface area contributed by atoms with Crippen molar-refractivity contribution in [1.82, 2.24) is 10.2 Å². The van der Waals surface area contributed by atoms with Crippen molar-refractivity contribution in [3.63, 3.8) is 0 Å². The first-order valence-corrected chi connectivity index (χ1v) is 8.31. The number of ether oxygens (including phenoxy) is 3. The van der Waals surface area contributed by atoms with Gasteiger partial charge in [0.15, 0.2) is 11.6 Å². The van der Waals surface area contributed by atoms with Crippen LogP contribution in [-0.4, -0.2) is 57.0 Å². The van der Waals surface area contributed by atoms with Crippen molar-refractivity contribution < 1.29 is 27.8 Å².